The summed E-state index contributed by atoms with van der Waals surface area (Å²) in [6.45, 7) is 5.52. The lowest BCUT2D eigenvalue weighted by Crippen LogP contribution is -2.16. The van der Waals surface area contributed by atoms with Crippen molar-refractivity contribution >= 4 is 16.6 Å². The first-order chi connectivity index (χ1) is 10.7. The maximum Gasteiger partial charge on any atom is 0.0930 e. The topological polar surface area (TPSA) is 33.4 Å². The van der Waals surface area contributed by atoms with E-state index in [1.54, 1.807) is 0 Å². The van der Waals surface area contributed by atoms with Gasteiger partial charge in [-0.15, -0.1) is 0 Å². The van der Waals surface area contributed by atoms with Crippen LogP contribution in [-0.4, -0.2) is 47.1 Å². The van der Waals surface area contributed by atoms with Crippen molar-refractivity contribution in [2.75, 3.05) is 26.7 Å². The van der Waals surface area contributed by atoms with Crippen molar-refractivity contribution in [2.45, 2.75) is 32.2 Å². The van der Waals surface area contributed by atoms with Crippen molar-refractivity contribution in [2.24, 2.45) is 10.9 Å². The maximum atomic E-state index is 4.83. The Balaban J connectivity index is 1.64. The second kappa shape index (κ2) is 5.51. The summed E-state index contributed by atoms with van der Waals surface area (Å²) in [7, 11) is 2.18. The van der Waals surface area contributed by atoms with E-state index < -0.39 is 0 Å². The van der Waals surface area contributed by atoms with Gasteiger partial charge in [-0.25, -0.2) is 0 Å². The normalized spacial score (nSPS) is 26.5. The molecule has 1 aromatic heterocycles. The van der Waals surface area contributed by atoms with Crippen molar-refractivity contribution < 1.29 is 0 Å². The average Bonchev–Trinajstić information content (AvgIpc) is 3.13. The van der Waals surface area contributed by atoms with Crippen LogP contribution in [0.25, 0.3) is 10.9 Å². The first-order valence-corrected chi connectivity index (χ1v) is 8.40. The van der Waals surface area contributed by atoms with Gasteiger partial charge in [0.1, 0.15) is 0 Å². The minimum atomic E-state index is 0.522. The Kier molecular flexibility index (Phi) is 3.49. The highest BCUT2D eigenvalue weighted by atomic mass is 15.3. The van der Waals surface area contributed by atoms with E-state index in [0.29, 0.717) is 6.04 Å². The Morgan fingerprint density at radius 1 is 1.23 bits per heavy atom. The Hall–Kier alpha value is -1.68. The van der Waals surface area contributed by atoms with Crippen molar-refractivity contribution in [3.05, 3.63) is 30.0 Å². The van der Waals surface area contributed by atoms with Crippen molar-refractivity contribution in [3.8, 4) is 0 Å². The minimum absolute atomic E-state index is 0.522. The fraction of sp³-hybridized carbons (Fsp3) is 0.556. The van der Waals surface area contributed by atoms with E-state index in [1.165, 1.54) is 36.0 Å². The van der Waals surface area contributed by atoms with Crippen LogP contribution in [0.2, 0.25) is 0 Å². The molecule has 2 aromatic rings. The highest BCUT2D eigenvalue weighted by molar-refractivity contribution is 6.03. The molecule has 0 aliphatic carbocycles. The molecule has 1 saturated heterocycles. The molecule has 2 aliphatic rings. The number of aromatic nitrogens is 2. The van der Waals surface area contributed by atoms with E-state index in [2.05, 4.69) is 47.9 Å². The quantitative estimate of drug-likeness (QED) is 0.853. The molecular formula is C18H24N4. The Morgan fingerprint density at radius 2 is 2.14 bits per heavy atom. The molecule has 4 heteroatoms. The number of fused-ring (bicyclic) bond motifs is 1. The summed E-state index contributed by atoms with van der Waals surface area (Å²) in [4.78, 5) is 7.13. The number of aliphatic imine (C=N–C) groups is 1. The number of hydrogen-bond acceptors (Lipinski definition) is 3. The van der Waals surface area contributed by atoms with Gasteiger partial charge in [0, 0.05) is 30.4 Å². The van der Waals surface area contributed by atoms with Crippen LogP contribution in [0.1, 0.15) is 37.8 Å². The Morgan fingerprint density at radius 3 is 2.86 bits per heavy atom. The van der Waals surface area contributed by atoms with Crippen LogP contribution in [0.4, 0.5) is 0 Å². The van der Waals surface area contributed by atoms with Crippen LogP contribution in [0, 0.1) is 5.92 Å². The van der Waals surface area contributed by atoms with Crippen LogP contribution in [0.15, 0.2) is 29.4 Å². The summed E-state index contributed by atoms with van der Waals surface area (Å²) in [6.07, 6.45) is 5.75. The van der Waals surface area contributed by atoms with Crippen molar-refractivity contribution in [3.63, 3.8) is 0 Å². The van der Waals surface area contributed by atoms with Gasteiger partial charge < -0.3 is 4.90 Å². The molecule has 0 spiro atoms. The molecule has 0 amide bonds. The second-order valence-electron chi connectivity index (χ2n) is 7.02. The molecule has 4 nitrogen and oxygen atoms in total. The van der Waals surface area contributed by atoms with Gasteiger partial charge in [0.05, 0.1) is 11.6 Å². The molecule has 0 unspecified atom stereocenters. The van der Waals surface area contributed by atoms with E-state index in [-0.39, 0.29) is 0 Å². The Bertz CT molecular complexity index is 715. The van der Waals surface area contributed by atoms with Gasteiger partial charge >= 0.3 is 0 Å². The molecule has 0 bridgehead atoms. The molecule has 4 rings (SSSR count). The van der Waals surface area contributed by atoms with Gasteiger partial charge in [0.25, 0.3) is 0 Å². The highest BCUT2D eigenvalue weighted by Crippen LogP contribution is 2.24. The third-order valence-corrected chi connectivity index (χ3v) is 5.07. The number of hydrogen-bond donors (Lipinski definition) is 0. The predicted octanol–water partition coefficient (Wildman–Crippen LogP) is 3.13. The van der Waals surface area contributed by atoms with Gasteiger partial charge in [0.15, 0.2) is 0 Å². The maximum absolute atomic E-state index is 4.83. The number of nitrogens with zero attached hydrogens (tertiary/aromatic N) is 4. The van der Waals surface area contributed by atoms with Gasteiger partial charge in [-0.05, 0) is 50.4 Å². The first-order valence-electron chi connectivity index (χ1n) is 8.40. The van der Waals surface area contributed by atoms with Gasteiger partial charge in [0.2, 0.25) is 0 Å². The molecular weight excluding hydrogens is 272 g/mol. The molecule has 2 aliphatic heterocycles. The van der Waals surface area contributed by atoms with E-state index in [0.717, 1.165) is 30.9 Å². The summed E-state index contributed by atoms with van der Waals surface area (Å²) < 4.78 is 2.17. The molecule has 22 heavy (non-hydrogen) atoms. The monoisotopic (exact) mass is 296 g/mol. The van der Waals surface area contributed by atoms with Crippen molar-refractivity contribution in [1.29, 1.82) is 0 Å². The number of likely N-dealkylation sites (tertiary alicyclic amines) is 1. The van der Waals surface area contributed by atoms with Crippen LogP contribution >= 0.6 is 0 Å². The van der Waals surface area contributed by atoms with Gasteiger partial charge in [-0.1, -0.05) is 19.1 Å². The molecule has 116 valence electrons. The number of benzene rings is 1. The third-order valence-electron chi connectivity index (χ3n) is 5.07. The minimum Gasteiger partial charge on any atom is -0.304 e. The zero-order valence-corrected chi connectivity index (χ0v) is 13.5. The van der Waals surface area contributed by atoms with Crippen LogP contribution in [0.5, 0.6) is 0 Å². The van der Waals surface area contributed by atoms with E-state index >= 15 is 0 Å². The van der Waals surface area contributed by atoms with Crippen LogP contribution < -0.4 is 0 Å². The average molecular weight is 296 g/mol. The van der Waals surface area contributed by atoms with Crippen LogP contribution in [0.3, 0.4) is 0 Å². The summed E-state index contributed by atoms with van der Waals surface area (Å²) in [5.74, 6) is 0.728. The van der Waals surface area contributed by atoms with Gasteiger partial charge in [-0.3, -0.25) is 9.67 Å². The molecule has 0 saturated carbocycles. The lowest BCUT2D eigenvalue weighted by atomic mass is 9.95. The largest absolute Gasteiger partial charge is 0.304 e. The molecule has 2 atom stereocenters. The molecule has 0 N–H and O–H groups in total. The Labute approximate surface area is 131 Å². The van der Waals surface area contributed by atoms with Crippen molar-refractivity contribution in [1.82, 2.24) is 14.7 Å². The standard InChI is InChI=1S/C18H24N4/c1-13-3-6-17(19-10-13)14-4-5-15-11-22(20-18(15)9-14)16-7-8-21(2)12-16/h4-5,9,11,13,16H,3,6-8,10,12H2,1-2H3/t13-,16-/m0/s1. The van der Waals surface area contributed by atoms with E-state index in [9.17, 15) is 0 Å². The van der Waals surface area contributed by atoms with E-state index in [4.69, 9.17) is 10.1 Å². The fourth-order valence-corrected chi connectivity index (χ4v) is 3.58. The zero-order chi connectivity index (χ0) is 15.1. The van der Waals surface area contributed by atoms with Gasteiger partial charge in [-0.2, -0.15) is 5.10 Å². The van der Waals surface area contributed by atoms with Crippen LogP contribution in [-0.2, 0) is 0 Å². The van der Waals surface area contributed by atoms with E-state index in [1.807, 2.05) is 0 Å². The lowest BCUT2D eigenvalue weighted by Gasteiger charge is -2.17. The molecule has 1 fully saturated rings. The smallest absolute Gasteiger partial charge is 0.0930 e. The first kappa shape index (κ1) is 13.9. The zero-order valence-electron chi connectivity index (χ0n) is 13.5. The lowest BCUT2D eigenvalue weighted by molar-refractivity contribution is 0.383. The molecule has 0 radical (unpaired) electrons. The number of likely N-dealkylation sites (N-methyl/N-ethyl adjacent to an activating group) is 1. The predicted molar refractivity (Wildman–Crippen MR) is 90.7 cm³/mol. The molecule has 3 heterocycles. The summed E-state index contributed by atoms with van der Waals surface area (Å²) in [5.41, 5.74) is 3.62. The highest BCUT2D eigenvalue weighted by Gasteiger charge is 2.22. The third kappa shape index (κ3) is 2.56. The summed E-state index contributed by atoms with van der Waals surface area (Å²) in [5, 5.41) is 6.07. The summed E-state index contributed by atoms with van der Waals surface area (Å²) >= 11 is 0. The summed E-state index contributed by atoms with van der Waals surface area (Å²) in [6, 6.07) is 7.16. The second-order valence-corrected chi connectivity index (χ2v) is 7.02. The molecule has 1 aromatic carbocycles. The SMILES string of the molecule is C[C@H]1CCC(c2ccc3cn([C@H]4CCN(C)C4)nc3c2)=NC1. The number of rotatable bonds is 2. The fourth-order valence-electron chi connectivity index (χ4n) is 3.58.